The molecule has 0 amide bonds. The van der Waals surface area contributed by atoms with Gasteiger partial charge in [0.2, 0.25) is 5.69 Å². The van der Waals surface area contributed by atoms with Gasteiger partial charge in [0.05, 0.1) is 25.7 Å². The van der Waals surface area contributed by atoms with Gasteiger partial charge in [-0.1, -0.05) is 80.1 Å². The maximum Gasteiger partial charge on any atom is 1.00 e. The van der Waals surface area contributed by atoms with Gasteiger partial charge < -0.3 is 14.0 Å². The summed E-state index contributed by atoms with van der Waals surface area (Å²) in [6.07, 6.45) is 14.2. The van der Waals surface area contributed by atoms with E-state index in [0.29, 0.717) is 38.8 Å². The molecule has 2 aliphatic heterocycles. The summed E-state index contributed by atoms with van der Waals surface area (Å²) in [5, 5.41) is 0. The molecule has 0 fully saturated rings. The Morgan fingerprint density at radius 2 is 1.40 bits per heavy atom. The molecule has 248 valence electrons. The maximum atomic E-state index is 11.1. The molecule has 0 bridgehead atoms. The Bertz CT molecular complexity index is 1820. The molecule has 2 aromatic rings. The van der Waals surface area contributed by atoms with E-state index in [1.807, 2.05) is 43.3 Å². The molecule has 0 saturated heterocycles. The summed E-state index contributed by atoms with van der Waals surface area (Å²) in [5.41, 5.74) is 7.39. The average molecular weight is 705 g/mol. The summed E-state index contributed by atoms with van der Waals surface area (Å²) in [7, 11) is -8.46. The van der Waals surface area contributed by atoms with Gasteiger partial charge in [-0.2, -0.15) is 4.58 Å². The molecule has 0 aliphatic carbocycles. The molecule has 2 aliphatic rings. The Morgan fingerprint density at radius 3 is 2.06 bits per heavy atom. The van der Waals surface area contributed by atoms with Gasteiger partial charge in [0.1, 0.15) is 6.54 Å². The number of hydrogen-bond donors (Lipinski definition) is 0. The van der Waals surface area contributed by atoms with E-state index in [0.717, 1.165) is 28.4 Å². The molecule has 0 aromatic heterocycles. The zero-order chi connectivity index (χ0) is 33.8. The van der Waals surface area contributed by atoms with Crippen molar-refractivity contribution < 1.29 is 81.9 Å². The Labute approximate surface area is 324 Å². The van der Waals surface area contributed by atoms with E-state index >= 15 is 0 Å². The van der Waals surface area contributed by atoms with Crippen LogP contribution in [0.25, 0.3) is 0 Å². The Kier molecular flexibility index (Phi) is 13.8. The molecule has 0 N–H and O–H groups in total. The first-order valence-electron chi connectivity index (χ1n) is 15.7. The second-order valence-corrected chi connectivity index (χ2v) is 16.1. The van der Waals surface area contributed by atoms with Crippen molar-refractivity contribution in [2.75, 3.05) is 29.5 Å². The molecule has 47 heavy (non-hydrogen) atoms. The first-order chi connectivity index (χ1) is 21.5. The zero-order valence-electron chi connectivity index (χ0n) is 28.4. The molecule has 0 saturated carbocycles. The van der Waals surface area contributed by atoms with Gasteiger partial charge in [-0.15, -0.1) is 0 Å². The van der Waals surface area contributed by atoms with Crippen LogP contribution in [0.15, 0.2) is 96.3 Å². The van der Waals surface area contributed by atoms with Crippen LogP contribution in [0.3, 0.4) is 0 Å². The van der Waals surface area contributed by atoms with Crippen LogP contribution in [0.5, 0.6) is 0 Å². The van der Waals surface area contributed by atoms with Crippen LogP contribution in [-0.2, 0) is 31.1 Å². The van der Waals surface area contributed by atoms with Crippen LogP contribution in [0.1, 0.15) is 71.4 Å². The number of allylic oxidation sites excluding steroid dienone is 8. The van der Waals surface area contributed by atoms with E-state index in [9.17, 15) is 25.9 Å². The number of benzene rings is 2. The van der Waals surface area contributed by atoms with Crippen molar-refractivity contribution in [3.63, 3.8) is 0 Å². The van der Waals surface area contributed by atoms with Crippen molar-refractivity contribution in [3.05, 3.63) is 107 Å². The fraction of sp³-hybridized carbons (Fsp3) is 0.417. The number of para-hydroxylation sites is 2. The van der Waals surface area contributed by atoms with Gasteiger partial charge in [-0.25, -0.2) is 16.8 Å². The maximum absolute atomic E-state index is 11.1. The monoisotopic (exact) mass is 704 g/mol. The second-order valence-electron chi connectivity index (χ2n) is 13.1. The number of nitrogens with zero attached hydrogens (tertiary/aromatic N) is 2. The zero-order valence-corrected chi connectivity index (χ0v) is 33.2. The first kappa shape index (κ1) is 39.8. The summed E-state index contributed by atoms with van der Waals surface area (Å²) in [6, 6.07) is 16.5. The summed E-state index contributed by atoms with van der Waals surface area (Å²) in [4.78, 5) is 2.23. The predicted molar refractivity (Wildman–Crippen MR) is 184 cm³/mol. The molecule has 0 unspecified atom stereocenters. The summed E-state index contributed by atoms with van der Waals surface area (Å²) in [5.74, 6) is -0.706. The van der Waals surface area contributed by atoms with E-state index < -0.39 is 20.2 Å². The Hall–Kier alpha value is -1.67. The second kappa shape index (κ2) is 16.4. The van der Waals surface area contributed by atoms with Crippen LogP contribution < -0.4 is 56.3 Å². The van der Waals surface area contributed by atoms with Crippen molar-refractivity contribution >= 4 is 37.3 Å². The third-order valence-corrected chi connectivity index (χ3v) is 10.5. The number of anilines is 1. The standard InChI is InChI=1S/C36H46N2O6S2.K/c1-28(16-14-22-33-35(2,3)29-18-6-8-20-31(29)37(33)24-10-12-26-45(39,40)41)17-15-23-34-36(4,5)30-19-7-9-21-32(30)38(34)25-11-13-27-46(42,43)44;/h6-9,14-23H,10-13,24-27H2,1-5H3,(H-,39,40,41,42,43,44);/q;+1/p-1. The molecule has 0 spiro atoms. The van der Waals surface area contributed by atoms with E-state index in [2.05, 4.69) is 85.7 Å². The van der Waals surface area contributed by atoms with E-state index in [-0.39, 0.29) is 73.7 Å². The summed E-state index contributed by atoms with van der Waals surface area (Å²) >= 11 is 0. The third kappa shape index (κ3) is 10.2. The minimum Gasteiger partial charge on any atom is -0.748 e. The van der Waals surface area contributed by atoms with Crippen molar-refractivity contribution in [2.24, 2.45) is 0 Å². The minimum absolute atomic E-state index is 0. The fourth-order valence-corrected chi connectivity index (χ4v) is 7.61. The third-order valence-electron chi connectivity index (χ3n) is 8.88. The molecular weight excluding hydrogens is 660 g/mol. The van der Waals surface area contributed by atoms with Gasteiger partial charge in [-0.05, 0) is 57.7 Å². The molecular formula is C36H45KN2O6S2. The smallest absolute Gasteiger partial charge is 0.748 e. The molecule has 2 aromatic carbocycles. The fourth-order valence-electron chi connectivity index (χ4n) is 6.50. The van der Waals surface area contributed by atoms with Crippen LogP contribution in [0.2, 0.25) is 0 Å². The number of hydrogen-bond acceptors (Lipinski definition) is 7. The van der Waals surface area contributed by atoms with E-state index in [4.69, 9.17) is 0 Å². The largest absolute Gasteiger partial charge is 1.00 e. The summed E-state index contributed by atoms with van der Waals surface area (Å²) in [6.45, 7) is 12.0. The van der Waals surface area contributed by atoms with Crippen LogP contribution >= 0.6 is 0 Å². The van der Waals surface area contributed by atoms with Crippen molar-refractivity contribution in [2.45, 2.75) is 71.1 Å². The molecule has 0 radical (unpaired) electrons. The van der Waals surface area contributed by atoms with Gasteiger partial charge >= 0.3 is 51.4 Å². The van der Waals surface area contributed by atoms with Crippen molar-refractivity contribution in [1.82, 2.24) is 0 Å². The number of rotatable bonds is 14. The van der Waals surface area contributed by atoms with Crippen molar-refractivity contribution in [1.29, 1.82) is 0 Å². The molecule has 4 rings (SSSR count). The van der Waals surface area contributed by atoms with Gasteiger partial charge in [0.25, 0.3) is 0 Å². The normalized spacial score (nSPS) is 18.3. The topological polar surface area (TPSA) is 121 Å². The number of fused-ring (bicyclic) bond motifs is 2. The predicted octanol–water partition coefficient (Wildman–Crippen LogP) is 3.46. The molecule has 0 atom stereocenters. The van der Waals surface area contributed by atoms with E-state index in [1.54, 1.807) is 0 Å². The summed E-state index contributed by atoms with van der Waals surface area (Å²) < 4.78 is 68.8. The Balaban J connectivity index is 0.00000600. The molecule has 2 heterocycles. The van der Waals surface area contributed by atoms with Crippen molar-refractivity contribution in [3.8, 4) is 0 Å². The van der Waals surface area contributed by atoms with Crippen LogP contribution in [-0.4, -0.2) is 60.8 Å². The van der Waals surface area contributed by atoms with Crippen LogP contribution in [0.4, 0.5) is 11.4 Å². The first-order valence-corrected chi connectivity index (χ1v) is 18.9. The van der Waals surface area contributed by atoms with E-state index in [1.165, 1.54) is 11.1 Å². The molecule has 11 heteroatoms. The molecule has 8 nitrogen and oxygen atoms in total. The average Bonchev–Trinajstić information content (AvgIpc) is 3.31. The number of unbranched alkanes of at least 4 members (excludes halogenated alkanes) is 2. The van der Waals surface area contributed by atoms with Gasteiger partial charge in [-0.3, -0.25) is 0 Å². The minimum atomic E-state index is -4.23. The van der Waals surface area contributed by atoms with Gasteiger partial charge in [0.15, 0.2) is 5.71 Å². The van der Waals surface area contributed by atoms with Gasteiger partial charge in [0, 0.05) is 59.0 Å². The van der Waals surface area contributed by atoms with Crippen LogP contribution in [0, 0.1) is 0 Å². The Morgan fingerprint density at radius 1 is 0.809 bits per heavy atom. The SMILES string of the molecule is CC(C=C/C=C1/N(CCCCS(=O)(=O)[O-])c2ccccc2C1(C)C)=CC=CC1=[N+](CCCCS(=O)(=O)[O-])c2ccccc2C1(C)C.[K+]. The quantitative estimate of drug-likeness (QED) is 0.0972.